The van der Waals surface area contributed by atoms with E-state index in [9.17, 15) is 4.79 Å². The Kier molecular flexibility index (Phi) is 7.57. The first-order chi connectivity index (χ1) is 16.1. The van der Waals surface area contributed by atoms with Crippen LogP contribution in [0.1, 0.15) is 24.3 Å². The van der Waals surface area contributed by atoms with Crippen LogP contribution in [0.3, 0.4) is 0 Å². The summed E-state index contributed by atoms with van der Waals surface area (Å²) >= 11 is 0. The largest absolute Gasteiger partial charge is 0.497 e. The first-order valence-electron chi connectivity index (χ1n) is 11.3. The quantitative estimate of drug-likeness (QED) is 0.461. The minimum atomic E-state index is 0.182. The molecule has 0 saturated carbocycles. The number of aryl methyl sites for hydroxylation is 1. The Labute approximate surface area is 194 Å². The van der Waals surface area contributed by atoms with Crippen LogP contribution in [-0.2, 0) is 11.3 Å². The summed E-state index contributed by atoms with van der Waals surface area (Å²) in [5, 5.41) is 4.09. The number of benzene rings is 2. The minimum absolute atomic E-state index is 0.182. The van der Waals surface area contributed by atoms with Crippen LogP contribution in [0.4, 0.5) is 0 Å². The summed E-state index contributed by atoms with van der Waals surface area (Å²) < 4.78 is 16.4. The Hall–Kier alpha value is -3.39. The topological polar surface area (TPSA) is 80.9 Å². The molecule has 2 heterocycles. The lowest BCUT2D eigenvalue weighted by Gasteiger charge is -2.34. The highest BCUT2D eigenvalue weighted by molar-refractivity contribution is 5.76. The van der Waals surface area contributed by atoms with Crippen molar-refractivity contribution in [3.8, 4) is 22.9 Å². The van der Waals surface area contributed by atoms with Gasteiger partial charge in [-0.25, -0.2) is 0 Å². The van der Waals surface area contributed by atoms with E-state index in [1.165, 1.54) is 5.56 Å². The van der Waals surface area contributed by atoms with Gasteiger partial charge in [-0.1, -0.05) is 17.3 Å². The van der Waals surface area contributed by atoms with E-state index in [2.05, 4.69) is 15.0 Å². The van der Waals surface area contributed by atoms with E-state index in [1.807, 2.05) is 60.4 Å². The molecule has 1 saturated heterocycles. The van der Waals surface area contributed by atoms with Crippen molar-refractivity contribution in [2.24, 2.45) is 0 Å². The second-order valence-electron chi connectivity index (χ2n) is 8.17. The molecule has 0 radical (unpaired) electrons. The van der Waals surface area contributed by atoms with Crippen LogP contribution >= 0.6 is 0 Å². The van der Waals surface area contributed by atoms with Crippen molar-refractivity contribution in [2.45, 2.75) is 26.3 Å². The third-order valence-electron chi connectivity index (χ3n) is 5.69. The van der Waals surface area contributed by atoms with Crippen LogP contribution in [-0.4, -0.2) is 65.7 Å². The molecule has 8 nitrogen and oxygen atoms in total. The molecule has 1 aliphatic heterocycles. The summed E-state index contributed by atoms with van der Waals surface area (Å²) in [6.07, 6.45) is 1.21. The monoisotopic (exact) mass is 450 g/mol. The molecule has 0 N–H and O–H groups in total. The van der Waals surface area contributed by atoms with Crippen LogP contribution < -0.4 is 9.47 Å². The zero-order valence-electron chi connectivity index (χ0n) is 19.2. The van der Waals surface area contributed by atoms with E-state index < -0.39 is 0 Å². The van der Waals surface area contributed by atoms with E-state index in [-0.39, 0.29) is 5.91 Å². The number of nitrogens with zero attached hydrogens (tertiary/aromatic N) is 4. The Morgan fingerprint density at radius 1 is 1.06 bits per heavy atom. The molecule has 3 aromatic rings. The lowest BCUT2D eigenvalue weighted by Crippen LogP contribution is -2.48. The van der Waals surface area contributed by atoms with Gasteiger partial charge in [-0.15, -0.1) is 0 Å². The molecule has 0 unspecified atom stereocenters. The second-order valence-corrected chi connectivity index (χ2v) is 8.17. The van der Waals surface area contributed by atoms with E-state index in [4.69, 9.17) is 14.0 Å². The highest BCUT2D eigenvalue weighted by Gasteiger charge is 2.22. The van der Waals surface area contributed by atoms with Gasteiger partial charge in [0, 0.05) is 38.2 Å². The molecule has 174 valence electrons. The number of ether oxygens (including phenoxy) is 2. The number of carbonyl (C=O) groups excluding carboxylic acids is 1. The molecule has 8 heteroatoms. The van der Waals surface area contributed by atoms with Crippen molar-refractivity contribution in [2.75, 3.05) is 39.9 Å². The maximum atomic E-state index is 12.5. The van der Waals surface area contributed by atoms with Crippen molar-refractivity contribution in [1.82, 2.24) is 19.9 Å². The Morgan fingerprint density at radius 3 is 2.58 bits per heavy atom. The molecule has 0 bridgehead atoms. The van der Waals surface area contributed by atoms with Gasteiger partial charge >= 0.3 is 0 Å². The highest BCUT2D eigenvalue weighted by Crippen LogP contribution is 2.20. The fourth-order valence-corrected chi connectivity index (χ4v) is 3.80. The summed E-state index contributed by atoms with van der Waals surface area (Å²) in [6, 6.07) is 15.5. The van der Waals surface area contributed by atoms with E-state index >= 15 is 0 Å². The second kappa shape index (κ2) is 11.0. The number of rotatable bonds is 9. The maximum Gasteiger partial charge on any atom is 0.241 e. The van der Waals surface area contributed by atoms with Gasteiger partial charge in [0.05, 0.1) is 20.3 Å². The van der Waals surface area contributed by atoms with Gasteiger partial charge in [-0.2, -0.15) is 4.98 Å². The number of hydrogen-bond acceptors (Lipinski definition) is 7. The van der Waals surface area contributed by atoms with Gasteiger partial charge < -0.3 is 18.9 Å². The molecule has 4 rings (SSSR count). The number of carbonyl (C=O) groups is 1. The molecule has 1 amide bonds. The van der Waals surface area contributed by atoms with Crippen molar-refractivity contribution < 1.29 is 18.8 Å². The Balaban J connectivity index is 1.17. The third kappa shape index (κ3) is 6.32. The molecule has 0 atom stereocenters. The van der Waals surface area contributed by atoms with Crippen LogP contribution in [0.15, 0.2) is 53.1 Å². The summed E-state index contributed by atoms with van der Waals surface area (Å²) in [4.78, 5) is 21.2. The number of amides is 1. The smallest absolute Gasteiger partial charge is 0.241 e. The molecule has 0 spiro atoms. The lowest BCUT2D eigenvalue weighted by atomic mass is 10.2. The summed E-state index contributed by atoms with van der Waals surface area (Å²) in [5.74, 6) is 2.96. The average Bonchev–Trinajstić information content (AvgIpc) is 3.31. The summed E-state index contributed by atoms with van der Waals surface area (Å²) in [7, 11) is 1.63. The van der Waals surface area contributed by atoms with Crippen LogP contribution in [0.25, 0.3) is 11.4 Å². The molecular formula is C25H30N4O4. The minimum Gasteiger partial charge on any atom is -0.497 e. The Morgan fingerprint density at radius 2 is 1.85 bits per heavy atom. The predicted octanol–water partition coefficient (Wildman–Crippen LogP) is 3.56. The van der Waals surface area contributed by atoms with E-state index in [1.54, 1.807) is 7.11 Å². The third-order valence-corrected chi connectivity index (χ3v) is 5.69. The number of hydrogen-bond donors (Lipinski definition) is 0. The molecule has 1 fully saturated rings. The van der Waals surface area contributed by atoms with Crippen LogP contribution in [0, 0.1) is 6.92 Å². The SMILES string of the molecule is COc1ccc(-c2noc(CN3CCN(C(=O)CCCOc4cccc(C)c4)CC3)n2)cc1. The predicted molar refractivity (Wildman–Crippen MR) is 124 cm³/mol. The zero-order valence-corrected chi connectivity index (χ0v) is 19.2. The molecule has 1 aliphatic rings. The van der Waals surface area contributed by atoms with Gasteiger partial charge in [-0.3, -0.25) is 9.69 Å². The van der Waals surface area contributed by atoms with Gasteiger partial charge in [0.15, 0.2) is 0 Å². The normalized spacial score (nSPS) is 14.3. The number of methoxy groups -OCH3 is 1. The standard InChI is InChI=1S/C25H30N4O4/c1-19-5-3-6-22(17-19)32-16-4-7-24(30)29-14-12-28(13-15-29)18-23-26-25(27-33-23)20-8-10-21(31-2)11-9-20/h3,5-6,8-11,17H,4,7,12-16,18H2,1-2H3. The van der Waals surface area contributed by atoms with Crippen LogP contribution in [0.5, 0.6) is 11.5 Å². The summed E-state index contributed by atoms with van der Waals surface area (Å²) in [5.41, 5.74) is 2.05. The number of aromatic nitrogens is 2. The molecule has 33 heavy (non-hydrogen) atoms. The van der Waals surface area contributed by atoms with Gasteiger partial charge in [0.1, 0.15) is 11.5 Å². The molecular weight excluding hydrogens is 420 g/mol. The van der Waals surface area contributed by atoms with Crippen LogP contribution in [0.2, 0.25) is 0 Å². The molecule has 0 aliphatic carbocycles. The maximum absolute atomic E-state index is 12.5. The summed E-state index contributed by atoms with van der Waals surface area (Å²) in [6.45, 7) is 6.14. The van der Waals surface area contributed by atoms with Gasteiger partial charge in [-0.05, 0) is 55.3 Å². The molecule has 2 aromatic carbocycles. The van der Waals surface area contributed by atoms with Crippen molar-refractivity contribution in [3.05, 3.63) is 60.0 Å². The Bertz CT molecular complexity index is 1040. The first kappa shape index (κ1) is 22.8. The van der Waals surface area contributed by atoms with Crippen molar-refractivity contribution >= 4 is 5.91 Å². The van der Waals surface area contributed by atoms with E-state index in [0.29, 0.717) is 50.8 Å². The van der Waals surface area contributed by atoms with Gasteiger partial charge in [0.2, 0.25) is 17.6 Å². The first-order valence-corrected chi connectivity index (χ1v) is 11.3. The number of piperazine rings is 1. The van der Waals surface area contributed by atoms with Crippen molar-refractivity contribution in [1.29, 1.82) is 0 Å². The highest BCUT2D eigenvalue weighted by atomic mass is 16.5. The van der Waals surface area contributed by atoms with Crippen molar-refractivity contribution in [3.63, 3.8) is 0 Å². The fourth-order valence-electron chi connectivity index (χ4n) is 3.80. The van der Waals surface area contributed by atoms with Gasteiger partial charge in [0.25, 0.3) is 0 Å². The lowest BCUT2D eigenvalue weighted by molar-refractivity contribution is -0.133. The fraction of sp³-hybridized carbons (Fsp3) is 0.400. The van der Waals surface area contributed by atoms with E-state index in [0.717, 1.165) is 30.2 Å². The zero-order chi connectivity index (χ0) is 23.0. The molecule has 1 aromatic heterocycles. The average molecular weight is 451 g/mol.